The number of benzene rings is 3. The van der Waals surface area contributed by atoms with Crippen LogP contribution in [0.3, 0.4) is 0 Å². The summed E-state index contributed by atoms with van der Waals surface area (Å²) in [6.45, 7) is -0.353. The zero-order chi connectivity index (χ0) is 34.4. The average molecular weight is 826 g/mol. The minimum Gasteiger partial charge on any atom is -0.744 e. The summed E-state index contributed by atoms with van der Waals surface area (Å²) in [5.74, 6) is -3.47. The van der Waals surface area contributed by atoms with Crippen molar-refractivity contribution < 1.29 is 157 Å². The van der Waals surface area contributed by atoms with Crippen molar-refractivity contribution in [2.75, 3.05) is 17.7 Å². The maximum atomic E-state index is 13.9. The van der Waals surface area contributed by atoms with Gasteiger partial charge < -0.3 is 25.5 Å². The molecule has 4 aromatic rings. The first-order valence-corrected chi connectivity index (χ1v) is 16.7. The quantitative estimate of drug-likeness (QED) is 0.0130. The molecular formula is C22H13ClF2N5Na3O13S4. The largest absolute Gasteiger partial charge is 1.00 e. The second-order valence-corrected chi connectivity index (χ2v) is 13.5. The van der Waals surface area contributed by atoms with Gasteiger partial charge in [0.2, 0.25) is 5.95 Å². The number of phenols is 1. The van der Waals surface area contributed by atoms with Gasteiger partial charge in [0, 0.05) is 5.39 Å². The molecule has 0 atom stereocenters. The van der Waals surface area contributed by atoms with Crippen LogP contribution in [0.25, 0.3) is 10.8 Å². The number of anilines is 2. The molecule has 18 nitrogen and oxygen atoms in total. The summed E-state index contributed by atoms with van der Waals surface area (Å²) in [4.78, 5) is 4.75. The summed E-state index contributed by atoms with van der Waals surface area (Å²) in [6.07, 6.45) is -1.58. The van der Waals surface area contributed by atoms with Gasteiger partial charge in [0.1, 0.15) is 20.8 Å². The Bertz CT molecular complexity index is 2050. The Labute approximate surface area is 360 Å². The molecule has 0 aliphatic heterocycles. The number of halogens is 3. The normalized spacial score (nSPS) is 11.6. The Morgan fingerprint density at radius 3 is 2.24 bits per heavy atom. The molecule has 3 aromatic carbocycles. The van der Waals surface area contributed by atoms with Gasteiger partial charge in [0.15, 0.2) is 33.7 Å². The third-order valence-corrected chi connectivity index (χ3v) is 9.50. The topological polar surface area (TPSA) is 266 Å². The van der Waals surface area contributed by atoms with Gasteiger partial charge in [0.05, 0.1) is 50.5 Å². The molecule has 0 fully saturated rings. The molecule has 28 heteroatoms. The number of phenolic OH excluding ortho intramolecular Hbond substituents is 1. The van der Waals surface area contributed by atoms with Crippen molar-refractivity contribution >= 4 is 89.6 Å². The van der Waals surface area contributed by atoms with Gasteiger partial charge in [-0.1, -0.05) is 11.6 Å². The number of aromatic nitrogens is 2. The van der Waals surface area contributed by atoms with E-state index in [4.69, 9.17) is 15.8 Å². The number of sulfone groups is 1. The first-order valence-electron chi connectivity index (χ1n) is 11.8. The van der Waals surface area contributed by atoms with Crippen LogP contribution in [0.5, 0.6) is 5.75 Å². The van der Waals surface area contributed by atoms with Gasteiger partial charge in [-0.2, -0.15) is 28.2 Å². The van der Waals surface area contributed by atoms with Crippen molar-refractivity contribution in [2.24, 2.45) is 10.2 Å². The molecule has 0 amide bonds. The van der Waals surface area contributed by atoms with E-state index in [1.54, 1.807) is 0 Å². The molecule has 0 aliphatic carbocycles. The van der Waals surface area contributed by atoms with Crippen molar-refractivity contribution in [3.63, 3.8) is 0 Å². The second-order valence-electron chi connectivity index (χ2n) is 8.42. The first-order chi connectivity index (χ1) is 22.2. The van der Waals surface area contributed by atoms with Crippen molar-refractivity contribution in [3.05, 3.63) is 59.5 Å². The molecule has 4 rings (SSSR count). The number of azo groups is 1. The van der Waals surface area contributed by atoms with E-state index < -0.39 is 70.6 Å². The predicted octanol–water partition coefficient (Wildman–Crippen LogP) is -5.85. The van der Waals surface area contributed by atoms with Crippen LogP contribution in [0.4, 0.5) is 31.7 Å². The van der Waals surface area contributed by atoms with Crippen LogP contribution in [0.15, 0.2) is 67.4 Å². The number of hydrogen-bond donors (Lipinski definition) is 2. The van der Waals surface area contributed by atoms with Crippen LogP contribution in [0.2, 0.25) is 5.02 Å². The van der Waals surface area contributed by atoms with E-state index in [0.717, 1.165) is 18.2 Å². The first kappa shape index (κ1) is 47.7. The summed E-state index contributed by atoms with van der Waals surface area (Å²) >= 11 is 6.11. The number of nitrogens with one attached hydrogen (secondary N) is 1. The van der Waals surface area contributed by atoms with Crippen molar-refractivity contribution in [1.29, 1.82) is 0 Å². The zero-order valence-corrected chi connectivity index (χ0v) is 35.4. The van der Waals surface area contributed by atoms with Crippen LogP contribution in [0.1, 0.15) is 0 Å². The van der Waals surface area contributed by atoms with E-state index in [9.17, 15) is 45.8 Å². The standard InChI is InChI=1S/C22H16ClF2N5O13S4.3Na/c23-17-20(24)27-22(25)28-21(17)26-14-9-13-10(8-16(14)47(36,37)38)7-15(44-42-40-32)18(19(13)31)30-29-11-1-3-12(4-2-11)46(34,35)6-5-39-45-43-41-33;;;/h1-4,7-9,31-33H,5-6H2,(H,26,27,28)(H,36,37,38);;;/q;3*+1/p-3. The van der Waals surface area contributed by atoms with Crippen LogP contribution in [-0.4, -0.2) is 48.8 Å². The molecule has 0 radical (unpaired) electrons. The monoisotopic (exact) mass is 825 g/mol. The van der Waals surface area contributed by atoms with Gasteiger partial charge in [-0.3, -0.25) is 14.3 Å². The van der Waals surface area contributed by atoms with Gasteiger partial charge in [0.25, 0.3) is 0 Å². The van der Waals surface area contributed by atoms with Crippen LogP contribution in [0, 0.1) is 12.0 Å². The molecule has 2 N–H and O–H groups in total. The van der Waals surface area contributed by atoms with Crippen LogP contribution < -0.4 is 105 Å². The molecule has 0 saturated heterocycles. The number of rotatable bonds is 15. The SMILES string of the molecule is O=S(=O)([O-])c1cc2cc(SOO[O-])c(N=Nc3ccc(S(=O)(=O)CCOSOO[O-])cc3)c(O)c2cc1Nc1nc(F)nc(F)c1Cl.[Na+].[Na+].[Na+]. The molecule has 0 bridgehead atoms. The number of nitrogens with zero attached hydrogens (tertiary/aromatic N) is 4. The molecule has 50 heavy (non-hydrogen) atoms. The molecule has 1 heterocycles. The van der Waals surface area contributed by atoms with E-state index >= 15 is 0 Å². The Morgan fingerprint density at radius 1 is 0.960 bits per heavy atom. The van der Waals surface area contributed by atoms with E-state index in [1.807, 2.05) is 0 Å². The second kappa shape index (κ2) is 21.5. The number of fused-ring (bicyclic) bond motifs is 1. The summed E-state index contributed by atoms with van der Waals surface area (Å²) < 4.78 is 102. The number of hydrogen-bond acceptors (Lipinski definition) is 20. The fourth-order valence-corrected chi connectivity index (χ4v) is 6.33. The van der Waals surface area contributed by atoms with Crippen molar-refractivity contribution in [3.8, 4) is 5.75 Å². The van der Waals surface area contributed by atoms with Crippen LogP contribution >= 0.6 is 36.0 Å². The predicted molar refractivity (Wildman–Crippen MR) is 150 cm³/mol. The fraction of sp³-hybridized carbons (Fsp3) is 0.0909. The maximum Gasteiger partial charge on any atom is 1.00 e. The minimum absolute atomic E-state index is 0. The molecule has 0 aliphatic rings. The van der Waals surface area contributed by atoms with E-state index in [1.165, 1.54) is 24.3 Å². The molecule has 0 saturated carbocycles. The molecular weight excluding hydrogens is 813 g/mol. The number of aromatic hydroxyl groups is 1. The third kappa shape index (κ3) is 12.6. The summed E-state index contributed by atoms with van der Waals surface area (Å²) in [5, 5.41) is 46.6. The van der Waals surface area contributed by atoms with Gasteiger partial charge in [-0.15, -0.1) is 9.45 Å². The third-order valence-electron chi connectivity index (χ3n) is 5.61. The molecule has 252 valence electrons. The molecule has 0 spiro atoms. The summed E-state index contributed by atoms with van der Waals surface area (Å²) in [5.41, 5.74) is -0.946. The Hall–Kier alpha value is -0.370. The van der Waals surface area contributed by atoms with E-state index in [0.29, 0.717) is 0 Å². The smallest absolute Gasteiger partial charge is 0.744 e. The Morgan fingerprint density at radius 2 is 1.62 bits per heavy atom. The fourth-order valence-electron chi connectivity index (χ4n) is 3.65. The summed E-state index contributed by atoms with van der Waals surface area (Å²) in [6, 6.07) is 7.70. The Kier molecular flexibility index (Phi) is 20.5. The Balaban J connectivity index is 0.00000417. The van der Waals surface area contributed by atoms with Crippen molar-refractivity contribution in [1.82, 2.24) is 9.97 Å². The average Bonchev–Trinajstić information content (AvgIpc) is 3.01. The maximum absolute atomic E-state index is 13.9. The van der Waals surface area contributed by atoms with E-state index in [-0.39, 0.29) is 146 Å². The van der Waals surface area contributed by atoms with Crippen molar-refractivity contribution in [2.45, 2.75) is 14.7 Å². The van der Waals surface area contributed by atoms with Gasteiger partial charge >= 0.3 is 94.8 Å². The van der Waals surface area contributed by atoms with Gasteiger partial charge in [-0.25, -0.2) is 16.8 Å². The molecule has 0 unspecified atom stereocenters. The summed E-state index contributed by atoms with van der Waals surface area (Å²) in [7, 11) is -9.14. The zero-order valence-electron chi connectivity index (χ0n) is 25.4. The van der Waals surface area contributed by atoms with E-state index in [2.05, 4.69) is 44.3 Å². The van der Waals surface area contributed by atoms with Crippen LogP contribution in [-0.2, 0) is 42.9 Å². The molecule has 1 aromatic heterocycles. The van der Waals surface area contributed by atoms with Gasteiger partial charge in [-0.05, 0) is 47.9 Å². The minimum atomic E-state index is -5.30.